The van der Waals surface area contributed by atoms with Crippen LogP contribution >= 0.6 is 0 Å². The molecule has 3 aromatic rings. The monoisotopic (exact) mass is 510 g/mol. The number of piperidine rings is 1. The third kappa shape index (κ3) is 5.53. The fraction of sp³-hybridized carbons (Fsp3) is 0.429. The maximum Gasteiger partial charge on any atom is 0.417 e. The van der Waals surface area contributed by atoms with Crippen molar-refractivity contribution in [1.82, 2.24) is 14.5 Å². The summed E-state index contributed by atoms with van der Waals surface area (Å²) in [5.74, 6) is -0.358. The first kappa shape index (κ1) is 26.4. The molecule has 1 aromatic carbocycles. The van der Waals surface area contributed by atoms with Gasteiger partial charge in [-0.25, -0.2) is 4.98 Å². The van der Waals surface area contributed by atoms with E-state index in [0.29, 0.717) is 37.9 Å². The molecule has 1 saturated heterocycles. The molecule has 0 saturated carbocycles. The Kier molecular flexibility index (Phi) is 7.39. The molecular formula is C28H29F3N4O2. The number of aromatic nitrogens is 2. The maximum atomic E-state index is 14.6. The average Bonchev–Trinajstić information content (AvgIpc) is 3.19. The molecule has 0 atom stereocenters. The SMILES string of the molecule is CC(C)CC(=O)N1CCC(c2cn(C)c3ncc(CC(=O)c4cccc(C#N)c4)c(C(F)(F)F)c23)CC1. The highest BCUT2D eigenvalue weighted by atomic mass is 19.4. The largest absolute Gasteiger partial charge is 0.417 e. The Hall–Kier alpha value is -3.67. The van der Waals surface area contributed by atoms with Crippen molar-refractivity contribution in [2.75, 3.05) is 13.1 Å². The highest BCUT2D eigenvalue weighted by Crippen LogP contribution is 2.43. The van der Waals surface area contributed by atoms with E-state index in [4.69, 9.17) is 5.26 Å². The lowest BCUT2D eigenvalue weighted by molar-refractivity contribution is -0.137. The minimum absolute atomic E-state index is 0.0260. The Balaban J connectivity index is 1.70. The molecule has 0 aliphatic carbocycles. The number of carbonyl (C=O) groups is 2. The van der Waals surface area contributed by atoms with Crippen molar-refractivity contribution in [3.63, 3.8) is 0 Å². The number of nitrogens with zero attached hydrogens (tertiary/aromatic N) is 4. The number of alkyl halides is 3. The first-order valence-corrected chi connectivity index (χ1v) is 12.3. The molecule has 4 rings (SSSR count). The number of fused-ring (bicyclic) bond motifs is 1. The number of amides is 1. The lowest BCUT2D eigenvalue weighted by Gasteiger charge is -2.32. The summed E-state index contributed by atoms with van der Waals surface area (Å²) in [6.45, 7) is 4.95. The van der Waals surface area contributed by atoms with Gasteiger partial charge in [0.1, 0.15) is 5.65 Å². The molecule has 194 valence electrons. The van der Waals surface area contributed by atoms with E-state index >= 15 is 0 Å². The van der Waals surface area contributed by atoms with E-state index in [1.165, 1.54) is 24.3 Å². The second kappa shape index (κ2) is 10.4. The van der Waals surface area contributed by atoms with Gasteiger partial charge in [-0.1, -0.05) is 26.0 Å². The van der Waals surface area contributed by atoms with Crippen molar-refractivity contribution < 1.29 is 22.8 Å². The molecule has 1 aliphatic rings. The van der Waals surface area contributed by atoms with Gasteiger partial charge in [-0.05, 0) is 47.9 Å². The van der Waals surface area contributed by atoms with Crippen LogP contribution < -0.4 is 0 Å². The molecule has 1 fully saturated rings. The van der Waals surface area contributed by atoms with Crippen molar-refractivity contribution in [3.8, 4) is 6.07 Å². The zero-order valence-electron chi connectivity index (χ0n) is 21.1. The highest BCUT2D eigenvalue weighted by molar-refractivity contribution is 5.99. The van der Waals surface area contributed by atoms with Crippen LogP contribution in [0.2, 0.25) is 0 Å². The van der Waals surface area contributed by atoms with Gasteiger partial charge in [-0.15, -0.1) is 0 Å². The molecular weight excluding hydrogens is 481 g/mol. The van der Waals surface area contributed by atoms with Crippen LogP contribution in [0.4, 0.5) is 13.2 Å². The molecule has 0 spiro atoms. The standard InChI is InChI=1S/C28H29F3N4O2/c1-17(2)11-24(37)35-9-7-19(8-10-35)22-16-34(3)27-25(22)26(28(29,30)31)21(15-33-27)13-23(36)20-6-4-5-18(12-20)14-32/h4-6,12,15-17,19H,7-11,13H2,1-3H3. The predicted octanol–water partition coefficient (Wildman–Crippen LogP) is 5.64. The van der Waals surface area contributed by atoms with Crippen LogP contribution in [0.1, 0.15) is 71.6 Å². The summed E-state index contributed by atoms with van der Waals surface area (Å²) in [5.41, 5.74) is 0.177. The van der Waals surface area contributed by atoms with E-state index in [2.05, 4.69) is 4.98 Å². The molecule has 37 heavy (non-hydrogen) atoms. The number of halogens is 3. The van der Waals surface area contributed by atoms with E-state index in [9.17, 15) is 22.8 Å². The van der Waals surface area contributed by atoms with Crippen molar-refractivity contribution in [1.29, 1.82) is 5.26 Å². The summed E-state index contributed by atoms with van der Waals surface area (Å²) in [4.78, 5) is 31.5. The molecule has 1 aliphatic heterocycles. The van der Waals surface area contributed by atoms with Gasteiger partial charge in [-0.2, -0.15) is 18.4 Å². The zero-order chi connectivity index (χ0) is 26.9. The molecule has 0 unspecified atom stereocenters. The Bertz CT molecular complexity index is 1380. The van der Waals surface area contributed by atoms with Crippen molar-refractivity contribution in [2.45, 2.75) is 51.6 Å². The molecule has 6 nitrogen and oxygen atoms in total. The summed E-state index contributed by atoms with van der Waals surface area (Å²) in [5, 5.41) is 9.13. The van der Waals surface area contributed by atoms with Gasteiger partial charge >= 0.3 is 6.18 Å². The Morgan fingerprint density at radius 2 is 1.92 bits per heavy atom. The Morgan fingerprint density at radius 3 is 2.54 bits per heavy atom. The van der Waals surface area contributed by atoms with E-state index < -0.39 is 23.9 Å². The number of hydrogen-bond acceptors (Lipinski definition) is 4. The van der Waals surface area contributed by atoms with Crippen LogP contribution in [0.25, 0.3) is 11.0 Å². The first-order chi connectivity index (χ1) is 17.5. The Labute approximate surface area is 213 Å². The van der Waals surface area contributed by atoms with Crippen molar-refractivity contribution >= 4 is 22.7 Å². The average molecular weight is 511 g/mol. The van der Waals surface area contributed by atoms with Crippen LogP contribution in [0, 0.1) is 17.2 Å². The highest BCUT2D eigenvalue weighted by Gasteiger charge is 2.39. The predicted molar refractivity (Wildman–Crippen MR) is 133 cm³/mol. The van der Waals surface area contributed by atoms with Gasteiger partial charge in [-0.3, -0.25) is 9.59 Å². The normalized spacial score (nSPS) is 14.8. The van der Waals surface area contributed by atoms with Gasteiger partial charge in [0.05, 0.1) is 17.2 Å². The summed E-state index contributed by atoms with van der Waals surface area (Å²) < 4.78 is 45.2. The fourth-order valence-corrected chi connectivity index (χ4v) is 5.14. The number of likely N-dealkylation sites (tertiary alicyclic amines) is 1. The van der Waals surface area contributed by atoms with Gasteiger partial charge in [0.15, 0.2) is 5.78 Å². The van der Waals surface area contributed by atoms with Gasteiger partial charge < -0.3 is 9.47 Å². The van der Waals surface area contributed by atoms with Crippen molar-refractivity contribution in [2.24, 2.45) is 13.0 Å². The van der Waals surface area contributed by atoms with Gasteiger partial charge in [0.2, 0.25) is 5.91 Å². The number of nitriles is 1. The van der Waals surface area contributed by atoms with Gasteiger partial charge in [0.25, 0.3) is 0 Å². The smallest absolute Gasteiger partial charge is 0.343 e. The minimum atomic E-state index is -4.70. The molecule has 3 heterocycles. The first-order valence-electron chi connectivity index (χ1n) is 12.3. The second-order valence-corrected chi connectivity index (χ2v) is 10.1. The third-order valence-electron chi connectivity index (χ3n) is 6.91. The minimum Gasteiger partial charge on any atom is -0.343 e. The lowest BCUT2D eigenvalue weighted by atomic mass is 9.87. The van der Waals surface area contributed by atoms with Crippen LogP contribution in [0.5, 0.6) is 0 Å². The number of carbonyl (C=O) groups excluding carboxylic acids is 2. The number of aryl methyl sites for hydroxylation is 1. The lowest BCUT2D eigenvalue weighted by Crippen LogP contribution is -2.38. The van der Waals surface area contributed by atoms with E-state index in [1.807, 2.05) is 19.9 Å². The summed E-state index contributed by atoms with van der Waals surface area (Å²) >= 11 is 0. The van der Waals surface area contributed by atoms with E-state index in [1.54, 1.807) is 22.7 Å². The van der Waals surface area contributed by atoms with Crippen molar-refractivity contribution in [3.05, 3.63) is 64.5 Å². The fourth-order valence-electron chi connectivity index (χ4n) is 5.14. The van der Waals surface area contributed by atoms with Crippen LogP contribution in [-0.2, 0) is 24.4 Å². The number of benzene rings is 1. The zero-order valence-corrected chi connectivity index (χ0v) is 21.1. The number of rotatable bonds is 6. The maximum absolute atomic E-state index is 14.6. The summed E-state index contributed by atoms with van der Waals surface area (Å²) in [6.07, 6.45) is -0.776. The number of ketones is 1. The molecule has 0 N–H and O–H groups in total. The number of hydrogen-bond donors (Lipinski definition) is 0. The Morgan fingerprint density at radius 1 is 1.22 bits per heavy atom. The number of Topliss-reactive ketones (excluding diaryl/α,β-unsaturated/α-hetero) is 1. The third-order valence-corrected chi connectivity index (χ3v) is 6.91. The quantitative estimate of drug-likeness (QED) is 0.402. The van der Waals surface area contributed by atoms with E-state index in [0.717, 1.165) is 6.20 Å². The summed E-state index contributed by atoms with van der Waals surface area (Å²) in [6, 6.07) is 7.87. The second-order valence-electron chi connectivity index (χ2n) is 10.1. The molecule has 0 radical (unpaired) electrons. The van der Waals surface area contributed by atoms with Crippen LogP contribution in [0.3, 0.4) is 0 Å². The number of pyridine rings is 1. The summed E-state index contributed by atoms with van der Waals surface area (Å²) in [7, 11) is 1.67. The van der Waals surface area contributed by atoms with E-state index in [-0.39, 0.29) is 45.5 Å². The van der Waals surface area contributed by atoms with Gasteiger partial charge in [0, 0.05) is 56.3 Å². The molecule has 2 aromatic heterocycles. The molecule has 1 amide bonds. The molecule has 0 bridgehead atoms. The molecule has 9 heteroatoms. The van der Waals surface area contributed by atoms with Crippen LogP contribution in [-0.4, -0.2) is 39.2 Å². The topological polar surface area (TPSA) is 79.0 Å². The van der Waals surface area contributed by atoms with Crippen LogP contribution in [0.15, 0.2) is 36.7 Å².